The standard InChI is InChI=1S/C15H13N3O/c16-17-15(19)12-6-7-18-10-13(9-14(18)8-12)11-4-2-1-3-5-11/h1-10H,16H2,(H,17,19). The second kappa shape index (κ2) is 4.59. The Morgan fingerprint density at radius 1 is 1.05 bits per heavy atom. The smallest absolute Gasteiger partial charge is 0.265 e. The van der Waals surface area contributed by atoms with Crippen LogP contribution in [0.3, 0.4) is 0 Å². The zero-order valence-corrected chi connectivity index (χ0v) is 10.2. The molecule has 0 atom stereocenters. The summed E-state index contributed by atoms with van der Waals surface area (Å²) >= 11 is 0. The van der Waals surface area contributed by atoms with Gasteiger partial charge in [-0.05, 0) is 23.8 Å². The summed E-state index contributed by atoms with van der Waals surface area (Å²) in [6, 6.07) is 15.7. The van der Waals surface area contributed by atoms with E-state index in [1.54, 1.807) is 6.07 Å². The predicted octanol–water partition coefficient (Wildman–Crippen LogP) is 2.21. The fourth-order valence-corrected chi connectivity index (χ4v) is 2.12. The van der Waals surface area contributed by atoms with Crippen molar-refractivity contribution in [3.05, 3.63) is 66.5 Å². The van der Waals surface area contributed by atoms with E-state index in [1.807, 2.05) is 47.1 Å². The van der Waals surface area contributed by atoms with Crippen LogP contribution < -0.4 is 11.3 Å². The lowest BCUT2D eigenvalue weighted by atomic mass is 10.1. The quantitative estimate of drug-likeness (QED) is 0.417. The number of amides is 1. The summed E-state index contributed by atoms with van der Waals surface area (Å²) in [6.07, 6.45) is 3.89. The Hall–Kier alpha value is -2.59. The predicted molar refractivity (Wildman–Crippen MR) is 74.5 cm³/mol. The van der Waals surface area contributed by atoms with E-state index < -0.39 is 0 Å². The summed E-state index contributed by atoms with van der Waals surface area (Å²) in [5.41, 5.74) is 5.91. The maximum absolute atomic E-state index is 11.5. The first kappa shape index (κ1) is 11.5. The number of nitrogens with zero attached hydrogens (tertiary/aromatic N) is 1. The van der Waals surface area contributed by atoms with Gasteiger partial charge in [0.05, 0.1) is 0 Å². The highest BCUT2D eigenvalue weighted by Crippen LogP contribution is 2.22. The Labute approximate surface area is 110 Å². The largest absolute Gasteiger partial charge is 0.323 e. The molecule has 0 aliphatic carbocycles. The van der Waals surface area contributed by atoms with Crippen LogP contribution in [0.25, 0.3) is 16.6 Å². The molecule has 4 heteroatoms. The maximum Gasteiger partial charge on any atom is 0.265 e. The van der Waals surface area contributed by atoms with Gasteiger partial charge >= 0.3 is 0 Å². The van der Waals surface area contributed by atoms with E-state index in [-0.39, 0.29) is 5.91 Å². The number of hydrogen-bond donors (Lipinski definition) is 2. The normalized spacial score (nSPS) is 10.6. The number of aromatic nitrogens is 1. The number of pyridine rings is 1. The van der Waals surface area contributed by atoms with Crippen molar-refractivity contribution in [1.82, 2.24) is 9.83 Å². The Balaban J connectivity index is 2.09. The first-order chi connectivity index (χ1) is 9.28. The molecule has 94 valence electrons. The number of nitrogens with two attached hydrogens (primary N) is 1. The topological polar surface area (TPSA) is 59.5 Å². The Bertz CT molecular complexity index is 731. The number of carbonyl (C=O) groups excluding carboxylic acids is 1. The number of rotatable bonds is 2. The third-order valence-electron chi connectivity index (χ3n) is 3.10. The van der Waals surface area contributed by atoms with Gasteiger partial charge < -0.3 is 4.40 Å². The zero-order valence-electron chi connectivity index (χ0n) is 10.2. The van der Waals surface area contributed by atoms with Gasteiger partial charge in [0.1, 0.15) is 0 Å². The van der Waals surface area contributed by atoms with Gasteiger partial charge in [0.25, 0.3) is 5.91 Å². The van der Waals surface area contributed by atoms with E-state index in [9.17, 15) is 4.79 Å². The molecule has 0 aliphatic rings. The van der Waals surface area contributed by atoms with E-state index in [1.165, 1.54) is 0 Å². The minimum atomic E-state index is -0.287. The van der Waals surface area contributed by atoms with Gasteiger partial charge in [-0.3, -0.25) is 10.2 Å². The molecular weight excluding hydrogens is 238 g/mol. The molecule has 19 heavy (non-hydrogen) atoms. The highest BCUT2D eigenvalue weighted by atomic mass is 16.2. The molecule has 3 rings (SSSR count). The first-order valence-electron chi connectivity index (χ1n) is 5.96. The van der Waals surface area contributed by atoms with Crippen molar-refractivity contribution in [2.45, 2.75) is 0 Å². The lowest BCUT2D eigenvalue weighted by Gasteiger charge is -2.00. The molecule has 0 aliphatic heterocycles. The van der Waals surface area contributed by atoms with Gasteiger partial charge in [0.2, 0.25) is 0 Å². The molecule has 3 N–H and O–H groups in total. The Morgan fingerprint density at radius 2 is 1.84 bits per heavy atom. The zero-order chi connectivity index (χ0) is 13.2. The van der Waals surface area contributed by atoms with Crippen LogP contribution in [0.4, 0.5) is 0 Å². The van der Waals surface area contributed by atoms with E-state index in [2.05, 4.69) is 17.6 Å². The monoisotopic (exact) mass is 251 g/mol. The van der Waals surface area contributed by atoms with Crippen LogP contribution in [0.1, 0.15) is 10.4 Å². The summed E-state index contributed by atoms with van der Waals surface area (Å²) in [5.74, 6) is 4.85. The molecule has 0 radical (unpaired) electrons. The highest BCUT2D eigenvalue weighted by Gasteiger charge is 2.06. The second-order valence-electron chi connectivity index (χ2n) is 4.32. The molecular formula is C15H13N3O. The van der Waals surface area contributed by atoms with Crippen molar-refractivity contribution in [3.63, 3.8) is 0 Å². The number of hydrogen-bond acceptors (Lipinski definition) is 2. The fourth-order valence-electron chi connectivity index (χ4n) is 2.12. The molecule has 0 saturated carbocycles. The van der Waals surface area contributed by atoms with Gasteiger partial charge in [0, 0.05) is 29.0 Å². The lowest BCUT2D eigenvalue weighted by Crippen LogP contribution is -2.29. The molecule has 0 saturated heterocycles. The molecule has 1 aromatic carbocycles. The van der Waals surface area contributed by atoms with Gasteiger partial charge in [-0.15, -0.1) is 0 Å². The van der Waals surface area contributed by atoms with E-state index in [0.717, 1.165) is 16.6 Å². The molecule has 3 aromatic rings. The molecule has 0 unspecified atom stereocenters. The average Bonchev–Trinajstić information content (AvgIpc) is 2.90. The Morgan fingerprint density at radius 3 is 2.58 bits per heavy atom. The summed E-state index contributed by atoms with van der Waals surface area (Å²) in [7, 11) is 0. The summed E-state index contributed by atoms with van der Waals surface area (Å²) in [5, 5.41) is 0. The molecule has 0 spiro atoms. The average molecular weight is 251 g/mol. The van der Waals surface area contributed by atoms with Gasteiger partial charge in [-0.2, -0.15) is 0 Å². The minimum Gasteiger partial charge on any atom is -0.323 e. The van der Waals surface area contributed by atoms with Crippen LogP contribution in [0.2, 0.25) is 0 Å². The fraction of sp³-hybridized carbons (Fsp3) is 0. The SMILES string of the molecule is NNC(=O)c1ccn2cc(-c3ccccc3)cc2c1. The molecule has 1 amide bonds. The van der Waals surface area contributed by atoms with Crippen LogP contribution >= 0.6 is 0 Å². The number of nitrogens with one attached hydrogen (secondary N) is 1. The van der Waals surface area contributed by atoms with Crippen molar-refractivity contribution in [3.8, 4) is 11.1 Å². The van der Waals surface area contributed by atoms with E-state index >= 15 is 0 Å². The minimum absolute atomic E-state index is 0.287. The summed E-state index contributed by atoms with van der Waals surface area (Å²) in [4.78, 5) is 11.5. The third kappa shape index (κ3) is 2.09. The summed E-state index contributed by atoms with van der Waals surface area (Å²) < 4.78 is 1.98. The van der Waals surface area contributed by atoms with Gasteiger partial charge in [-0.25, -0.2) is 5.84 Å². The van der Waals surface area contributed by atoms with Gasteiger partial charge in [-0.1, -0.05) is 30.3 Å². The molecule has 0 fully saturated rings. The van der Waals surface area contributed by atoms with Crippen LogP contribution in [-0.4, -0.2) is 10.3 Å². The van der Waals surface area contributed by atoms with Crippen LogP contribution in [0, 0.1) is 0 Å². The molecule has 2 heterocycles. The number of nitrogen functional groups attached to an aromatic ring is 1. The highest BCUT2D eigenvalue weighted by molar-refractivity contribution is 5.95. The van der Waals surface area contributed by atoms with Crippen LogP contribution in [0.5, 0.6) is 0 Å². The number of fused-ring (bicyclic) bond motifs is 1. The van der Waals surface area contributed by atoms with Crippen molar-refractivity contribution < 1.29 is 4.79 Å². The van der Waals surface area contributed by atoms with Crippen molar-refractivity contribution >= 4 is 11.4 Å². The van der Waals surface area contributed by atoms with Crippen molar-refractivity contribution in [2.75, 3.05) is 0 Å². The number of carbonyl (C=O) groups is 1. The summed E-state index contributed by atoms with van der Waals surface area (Å²) in [6.45, 7) is 0. The second-order valence-corrected chi connectivity index (χ2v) is 4.32. The van der Waals surface area contributed by atoms with E-state index in [4.69, 9.17) is 5.84 Å². The molecule has 2 aromatic heterocycles. The first-order valence-corrected chi connectivity index (χ1v) is 5.96. The molecule has 0 bridgehead atoms. The van der Waals surface area contributed by atoms with Crippen molar-refractivity contribution in [1.29, 1.82) is 0 Å². The van der Waals surface area contributed by atoms with Crippen LogP contribution in [-0.2, 0) is 0 Å². The molecule has 4 nitrogen and oxygen atoms in total. The van der Waals surface area contributed by atoms with E-state index in [0.29, 0.717) is 5.56 Å². The van der Waals surface area contributed by atoms with Crippen LogP contribution in [0.15, 0.2) is 60.9 Å². The lowest BCUT2D eigenvalue weighted by molar-refractivity contribution is 0.0953. The third-order valence-corrected chi connectivity index (χ3v) is 3.10. The Kier molecular flexibility index (Phi) is 2.78. The van der Waals surface area contributed by atoms with Gasteiger partial charge in [0.15, 0.2) is 0 Å². The van der Waals surface area contributed by atoms with Crippen molar-refractivity contribution in [2.24, 2.45) is 5.84 Å². The number of hydrazine groups is 1. The maximum atomic E-state index is 11.5. The number of benzene rings is 1.